The van der Waals surface area contributed by atoms with E-state index in [9.17, 15) is 9.18 Å². The second-order valence-electron chi connectivity index (χ2n) is 5.66. The van der Waals surface area contributed by atoms with Gasteiger partial charge in [-0.15, -0.1) is 0 Å². The molecule has 7 nitrogen and oxygen atoms in total. The lowest BCUT2D eigenvalue weighted by molar-refractivity contribution is 0.102. The van der Waals surface area contributed by atoms with Crippen LogP contribution in [0.4, 0.5) is 15.9 Å². The van der Waals surface area contributed by atoms with Gasteiger partial charge in [-0.2, -0.15) is 5.10 Å². The molecule has 0 unspecified atom stereocenters. The zero-order valence-corrected chi connectivity index (χ0v) is 13.4. The Bertz CT molecular complexity index is 1110. The molecule has 0 aliphatic rings. The number of nitrogens with two attached hydrogens (primary N) is 1. The number of halogens is 1. The van der Waals surface area contributed by atoms with Gasteiger partial charge in [-0.1, -0.05) is 6.07 Å². The Morgan fingerprint density at radius 3 is 2.73 bits per heavy atom. The fourth-order valence-corrected chi connectivity index (χ4v) is 2.61. The van der Waals surface area contributed by atoms with Crippen LogP contribution in [0.3, 0.4) is 0 Å². The number of anilines is 2. The van der Waals surface area contributed by atoms with Crippen molar-refractivity contribution in [2.45, 2.75) is 0 Å². The number of benzene rings is 1. The van der Waals surface area contributed by atoms with Gasteiger partial charge in [-0.25, -0.2) is 9.37 Å². The SMILES string of the molecule is Nc1cncc(-c2ccc3[nH]nc(C(=O)Nc4ccc(F)cn4)c3c2)c1. The summed E-state index contributed by atoms with van der Waals surface area (Å²) in [5, 5.41) is 10.1. The number of H-pyrrole nitrogens is 1. The number of aromatic nitrogens is 4. The fourth-order valence-electron chi connectivity index (χ4n) is 2.61. The first-order valence-corrected chi connectivity index (χ1v) is 7.72. The maximum atomic E-state index is 12.9. The Hall–Kier alpha value is -3.81. The average Bonchev–Trinajstić information content (AvgIpc) is 3.07. The fraction of sp³-hybridized carbons (Fsp3) is 0. The van der Waals surface area contributed by atoms with E-state index in [4.69, 9.17) is 5.73 Å². The van der Waals surface area contributed by atoms with E-state index in [1.807, 2.05) is 18.2 Å². The maximum Gasteiger partial charge on any atom is 0.277 e. The quantitative estimate of drug-likeness (QED) is 0.527. The van der Waals surface area contributed by atoms with E-state index in [0.717, 1.165) is 17.3 Å². The summed E-state index contributed by atoms with van der Waals surface area (Å²) in [6.45, 7) is 0. The summed E-state index contributed by atoms with van der Waals surface area (Å²) in [6, 6.07) is 9.95. The van der Waals surface area contributed by atoms with Crippen LogP contribution in [0.1, 0.15) is 10.5 Å². The number of fused-ring (bicyclic) bond motifs is 1. The van der Waals surface area contributed by atoms with Gasteiger partial charge in [-0.05, 0) is 35.9 Å². The molecule has 0 bridgehead atoms. The van der Waals surface area contributed by atoms with Gasteiger partial charge >= 0.3 is 0 Å². The molecule has 1 aromatic carbocycles. The van der Waals surface area contributed by atoms with Crippen molar-refractivity contribution in [1.82, 2.24) is 20.2 Å². The van der Waals surface area contributed by atoms with Crippen molar-refractivity contribution in [1.29, 1.82) is 0 Å². The number of nitrogens with zero attached hydrogens (tertiary/aromatic N) is 3. The first kappa shape index (κ1) is 15.7. The van der Waals surface area contributed by atoms with Gasteiger partial charge in [0, 0.05) is 23.3 Å². The predicted molar refractivity (Wildman–Crippen MR) is 95.9 cm³/mol. The normalized spacial score (nSPS) is 10.8. The molecule has 0 spiro atoms. The van der Waals surface area contributed by atoms with Crippen molar-refractivity contribution in [3.05, 3.63) is 66.5 Å². The highest BCUT2D eigenvalue weighted by Crippen LogP contribution is 2.26. The third-order valence-corrected chi connectivity index (χ3v) is 3.84. The van der Waals surface area contributed by atoms with Crippen LogP contribution >= 0.6 is 0 Å². The van der Waals surface area contributed by atoms with E-state index in [1.165, 1.54) is 12.1 Å². The van der Waals surface area contributed by atoms with Gasteiger partial charge in [0.2, 0.25) is 0 Å². The van der Waals surface area contributed by atoms with Crippen LogP contribution in [0.5, 0.6) is 0 Å². The highest BCUT2D eigenvalue weighted by Gasteiger charge is 2.16. The average molecular weight is 348 g/mol. The monoisotopic (exact) mass is 348 g/mol. The first-order chi connectivity index (χ1) is 12.6. The Morgan fingerprint density at radius 1 is 1.08 bits per heavy atom. The summed E-state index contributed by atoms with van der Waals surface area (Å²) in [4.78, 5) is 20.4. The van der Waals surface area contributed by atoms with E-state index in [1.54, 1.807) is 18.5 Å². The van der Waals surface area contributed by atoms with Gasteiger partial charge in [0.1, 0.15) is 11.6 Å². The van der Waals surface area contributed by atoms with Crippen LogP contribution in [0.15, 0.2) is 55.0 Å². The lowest BCUT2D eigenvalue weighted by Crippen LogP contribution is -2.13. The van der Waals surface area contributed by atoms with Crippen LogP contribution in [0.2, 0.25) is 0 Å². The Labute approximate surface area is 147 Å². The number of aromatic amines is 1. The number of pyridine rings is 2. The first-order valence-electron chi connectivity index (χ1n) is 7.72. The molecule has 3 aromatic heterocycles. The van der Waals surface area contributed by atoms with Gasteiger partial charge in [0.05, 0.1) is 17.4 Å². The van der Waals surface area contributed by atoms with Gasteiger partial charge in [-0.3, -0.25) is 14.9 Å². The van der Waals surface area contributed by atoms with E-state index in [2.05, 4.69) is 25.5 Å². The van der Waals surface area contributed by atoms with Crippen molar-refractivity contribution in [3.63, 3.8) is 0 Å². The van der Waals surface area contributed by atoms with Crippen LogP contribution in [0, 0.1) is 5.82 Å². The van der Waals surface area contributed by atoms with Crippen molar-refractivity contribution in [2.75, 3.05) is 11.1 Å². The maximum absolute atomic E-state index is 12.9. The predicted octanol–water partition coefficient (Wildman–Crippen LogP) is 2.99. The highest BCUT2D eigenvalue weighted by atomic mass is 19.1. The summed E-state index contributed by atoms with van der Waals surface area (Å²) >= 11 is 0. The molecule has 0 atom stereocenters. The van der Waals surface area contributed by atoms with Crippen LogP contribution in [-0.4, -0.2) is 26.1 Å². The highest BCUT2D eigenvalue weighted by molar-refractivity contribution is 6.11. The Kier molecular flexibility index (Phi) is 3.77. The molecule has 4 aromatic rings. The van der Waals surface area contributed by atoms with Gasteiger partial charge in [0.25, 0.3) is 5.91 Å². The zero-order chi connectivity index (χ0) is 18.1. The summed E-state index contributed by atoms with van der Waals surface area (Å²) in [5.74, 6) is -0.685. The van der Waals surface area contributed by atoms with Crippen molar-refractivity contribution in [2.24, 2.45) is 0 Å². The summed E-state index contributed by atoms with van der Waals surface area (Å²) in [5.41, 5.74) is 8.95. The lowest BCUT2D eigenvalue weighted by atomic mass is 10.0. The molecule has 128 valence electrons. The smallest absolute Gasteiger partial charge is 0.277 e. The molecule has 8 heteroatoms. The summed E-state index contributed by atoms with van der Waals surface area (Å²) < 4.78 is 12.9. The standard InChI is InChI=1S/C18H13FN6O/c19-12-2-4-16(22-8-12)23-18(26)17-14-6-10(1-3-15(14)24-25-17)11-5-13(20)9-21-7-11/h1-9H,20H2,(H,24,25)(H,22,23,26). The minimum Gasteiger partial charge on any atom is -0.397 e. The summed E-state index contributed by atoms with van der Waals surface area (Å²) in [6.07, 6.45) is 4.29. The van der Waals surface area contributed by atoms with Crippen LogP contribution in [0.25, 0.3) is 22.0 Å². The second kappa shape index (κ2) is 6.25. The molecule has 0 saturated carbocycles. The van der Waals surface area contributed by atoms with Crippen LogP contribution < -0.4 is 11.1 Å². The lowest BCUT2D eigenvalue weighted by Gasteiger charge is -2.04. The van der Waals surface area contributed by atoms with Gasteiger partial charge < -0.3 is 11.1 Å². The number of hydrogen-bond acceptors (Lipinski definition) is 5. The molecule has 0 aliphatic carbocycles. The molecule has 26 heavy (non-hydrogen) atoms. The van der Waals surface area contributed by atoms with E-state index in [-0.39, 0.29) is 11.5 Å². The number of hydrogen-bond donors (Lipinski definition) is 3. The van der Waals surface area contributed by atoms with E-state index >= 15 is 0 Å². The molecule has 4 N–H and O–H groups in total. The largest absolute Gasteiger partial charge is 0.397 e. The molecule has 0 fully saturated rings. The van der Waals surface area contributed by atoms with E-state index < -0.39 is 11.7 Å². The number of nitrogens with one attached hydrogen (secondary N) is 2. The van der Waals surface area contributed by atoms with Gasteiger partial charge in [0.15, 0.2) is 5.69 Å². The van der Waals surface area contributed by atoms with Crippen LogP contribution in [-0.2, 0) is 0 Å². The molecular formula is C18H13FN6O. The molecule has 0 radical (unpaired) electrons. The number of carbonyl (C=O) groups excluding carboxylic acids is 1. The minimum absolute atomic E-state index is 0.213. The van der Waals surface area contributed by atoms with Crippen molar-refractivity contribution >= 4 is 28.3 Å². The third kappa shape index (κ3) is 2.95. The Morgan fingerprint density at radius 2 is 1.96 bits per heavy atom. The second-order valence-corrected chi connectivity index (χ2v) is 5.66. The zero-order valence-electron chi connectivity index (χ0n) is 13.4. The molecule has 4 rings (SSSR count). The number of nitrogen functional groups attached to an aromatic ring is 1. The topological polar surface area (TPSA) is 110 Å². The third-order valence-electron chi connectivity index (χ3n) is 3.84. The number of rotatable bonds is 3. The Balaban J connectivity index is 1.70. The molecule has 0 aliphatic heterocycles. The summed E-state index contributed by atoms with van der Waals surface area (Å²) in [7, 11) is 0. The van der Waals surface area contributed by atoms with Crippen molar-refractivity contribution in [3.8, 4) is 11.1 Å². The molecule has 3 heterocycles. The number of carbonyl (C=O) groups is 1. The molecule has 1 amide bonds. The van der Waals surface area contributed by atoms with E-state index in [0.29, 0.717) is 16.6 Å². The number of amides is 1. The molecular weight excluding hydrogens is 335 g/mol. The molecule has 0 saturated heterocycles. The van der Waals surface area contributed by atoms with Crippen molar-refractivity contribution < 1.29 is 9.18 Å². The minimum atomic E-state index is -0.478.